The van der Waals surface area contributed by atoms with Gasteiger partial charge in [-0.2, -0.15) is 12.6 Å². The Morgan fingerprint density at radius 1 is 1.00 bits per heavy atom. The molecule has 2 N–H and O–H groups in total. The fraction of sp³-hybridized carbons (Fsp3) is 0.480. The minimum Gasteiger partial charge on any atom is -0.378 e. The summed E-state index contributed by atoms with van der Waals surface area (Å²) in [4.78, 5) is 18.8. The Morgan fingerprint density at radius 2 is 1.70 bits per heavy atom. The summed E-state index contributed by atoms with van der Waals surface area (Å²) >= 11 is 3.53. The Kier molecular flexibility index (Phi) is 9.72. The molecule has 4 heterocycles. The van der Waals surface area contributed by atoms with Gasteiger partial charge in [-0.25, -0.2) is 9.97 Å². The predicted octanol–water partition coefficient (Wildman–Crippen LogP) is 3.89. The number of fused-ring (bicyclic) bond motifs is 1. The second kappa shape index (κ2) is 12.7. The molecule has 178 valence electrons. The van der Waals surface area contributed by atoms with Gasteiger partial charge in [0.25, 0.3) is 0 Å². The predicted molar refractivity (Wildman–Crippen MR) is 141 cm³/mol. The fourth-order valence-electron chi connectivity index (χ4n) is 4.21. The van der Waals surface area contributed by atoms with Crippen molar-refractivity contribution in [2.45, 2.75) is 20.3 Å². The van der Waals surface area contributed by atoms with Crippen LogP contribution in [-0.4, -0.2) is 67.1 Å². The lowest BCUT2D eigenvalue weighted by Gasteiger charge is -2.29. The number of aromatic nitrogens is 3. The monoisotopic (exact) mass is 468 g/mol. The standard InChI is InChI=1S/C22H26N6O.C2H6.CH4S/c23-14-16-5-8-28(15-16)22-21-20(24-6-7-25-21)13-19(26-22)17-1-3-18(4-2-17)27-9-11-29-12-10-27;2*1-2/h1-4,6-7,13,16H,5,8-12,14-15,23H2;1-2H3;2H,1H3/t16-;;/m0../s1. The molecule has 2 fully saturated rings. The molecule has 7 nitrogen and oxygen atoms in total. The van der Waals surface area contributed by atoms with Gasteiger partial charge in [-0.3, -0.25) is 4.98 Å². The Hall–Kier alpha value is -2.42. The molecule has 5 rings (SSSR count). The van der Waals surface area contributed by atoms with Crippen molar-refractivity contribution in [3.63, 3.8) is 0 Å². The van der Waals surface area contributed by atoms with Crippen molar-refractivity contribution in [2.24, 2.45) is 11.7 Å². The molecule has 1 atom stereocenters. The van der Waals surface area contributed by atoms with Gasteiger partial charge in [0, 0.05) is 49.8 Å². The number of ether oxygens (including phenoxy) is 1. The number of nitrogens with two attached hydrogens (primary N) is 1. The highest BCUT2D eigenvalue weighted by Gasteiger charge is 2.25. The molecule has 0 spiro atoms. The maximum Gasteiger partial charge on any atom is 0.157 e. The quantitative estimate of drug-likeness (QED) is 0.562. The van der Waals surface area contributed by atoms with Crippen molar-refractivity contribution in [1.29, 1.82) is 0 Å². The molecule has 0 amide bonds. The highest BCUT2D eigenvalue weighted by molar-refractivity contribution is 7.79. The van der Waals surface area contributed by atoms with E-state index in [2.05, 4.69) is 56.7 Å². The van der Waals surface area contributed by atoms with Crippen LogP contribution in [0.2, 0.25) is 0 Å². The molecule has 2 aromatic heterocycles. The zero-order chi connectivity index (χ0) is 23.6. The first-order valence-corrected chi connectivity index (χ1v) is 12.7. The van der Waals surface area contributed by atoms with E-state index in [-0.39, 0.29) is 0 Å². The summed E-state index contributed by atoms with van der Waals surface area (Å²) in [6.45, 7) is 10.0. The van der Waals surface area contributed by atoms with Gasteiger partial charge in [0.15, 0.2) is 5.82 Å². The topological polar surface area (TPSA) is 80.4 Å². The second-order valence-corrected chi connectivity index (χ2v) is 7.74. The van der Waals surface area contributed by atoms with Gasteiger partial charge in [0.2, 0.25) is 0 Å². The maximum atomic E-state index is 5.90. The van der Waals surface area contributed by atoms with Crippen LogP contribution >= 0.6 is 12.6 Å². The van der Waals surface area contributed by atoms with Gasteiger partial charge in [0.05, 0.1) is 24.4 Å². The molecule has 0 saturated carbocycles. The summed E-state index contributed by atoms with van der Waals surface area (Å²) in [7, 11) is 0. The van der Waals surface area contributed by atoms with E-state index in [0.29, 0.717) is 12.5 Å². The average molecular weight is 469 g/mol. The van der Waals surface area contributed by atoms with E-state index in [1.807, 2.05) is 19.9 Å². The lowest BCUT2D eigenvalue weighted by Crippen LogP contribution is -2.36. The van der Waals surface area contributed by atoms with E-state index in [1.165, 1.54) is 5.69 Å². The van der Waals surface area contributed by atoms with Crippen LogP contribution in [0.25, 0.3) is 22.3 Å². The Labute approximate surface area is 202 Å². The van der Waals surface area contributed by atoms with Crippen LogP contribution in [0.15, 0.2) is 42.7 Å². The van der Waals surface area contributed by atoms with Gasteiger partial charge in [-0.15, -0.1) is 0 Å². The summed E-state index contributed by atoms with van der Waals surface area (Å²) in [6.07, 6.45) is 6.27. The number of morpholine rings is 1. The van der Waals surface area contributed by atoms with Crippen LogP contribution in [0.4, 0.5) is 11.5 Å². The van der Waals surface area contributed by atoms with Gasteiger partial charge in [-0.05, 0) is 43.3 Å². The lowest BCUT2D eigenvalue weighted by atomic mass is 10.1. The van der Waals surface area contributed by atoms with Crippen LogP contribution in [0.1, 0.15) is 20.3 Å². The molecule has 33 heavy (non-hydrogen) atoms. The maximum absolute atomic E-state index is 5.90. The highest BCUT2D eigenvalue weighted by Crippen LogP contribution is 2.31. The van der Waals surface area contributed by atoms with Crippen LogP contribution < -0.4 is 15.5 Å². The summed E-state index contributed by atoms with van der Waals surface area (Å²) in [5.74, 6) is 1.43. The molecule has 1 aromatic carbocycles. The minimum absolute atomic E-state index is 0.514. The van der Waals surface area contributed by atoms with E-state index in [0.717, 1.165) is 73.9 Å². The smallest absolute Gasteiger partial charge is 0.157 e. The molecule has 0 bridgehead atoms. The van der Waals surface area contributed by atoms with Crippen molar-refractivity contribution in [2.75, 3.05) is 62.0 Å². The first-order valence-electron chi connectivity index (χ1n) is 11.8. The van der Waals surface area contributed by atoms with Crippen LogP contribution in [-0.2, 0) is 4.74 Å². The second-order valence-electron chi connectivity index (χ2n) is 7.74. The number of pyridine rings is 1. The van der Waals surface area contributed by atoms with Crippen molar-refractivity contribution in [3.8, 4) is 11.3 Å². The van der Waals surface area contributed by atoms with Crippen molar-refractivity contribution in [1.82, 2.24) is 15.0 Å². The fourth-order valence-corrected chi connectivity index (χ4v) is 4.21. The van der Waals surface area contributed by atoms with Gasteiger partial charge in [-0.1, -0.05) is 26.0 Å². The largest absolute Gasteiger partial charge is 0.378 e. The van der Waals surface area contributed by atoms with Gasteiger partial charge >= 0.3 is 0 Å². The third kappa shape index (κ3) is 5.93. The van der Waals surface area contributed by atoms with Crippen LogP contribution in [0.3, 0.4) is 0 Å². The lowest BCUT2D eigenvalue weighted by molar-refractivity contribution is 0.122. The number of hydrogen-bond acceptors (Lipinski definition) is 8. The van der Waals surface area contributed by atoms with Gasteiger partial charge in [0.1, 0.15) is 5.52 Å². The minimum atomic E-state index is 0.514. The van der Waals surface area contributed by atoms with E-state index in [4.69, 9.17) is 15.5 Å². The summed E-state index contributed by atoms with van der Waals surface area (Å²) in [6, 6.07) is 10.7. The molecule has 2 aliphatic rings. The first kappa shape index (κ1) is 25.2. The van der Waals surface area contributed by atoms with Crippen LogP contribution in [0, 0.1) is 5.92 Å². The number of hydrogen-bond donors (Lipinski definition) is 2. The van der Waals surface area contributed by atoms with E-state index in [9.17, 15) is 0 Å². The first-order chi connectivity index (χ1) is 16.3. The number of anilines is 2. The Bertz CT molecular complexity index is 994. The average Bonchev–Trinajstić information content (AvgIpc) is 3.40. The number of benzene rings is 1. The van der Waals surface area contributed by atoms with Crippen molar-refractivity contribution >= 4 is 35.2 Å². The number of thiol groups is 1. The van der Waals surface area contributed by atoms with Crippen molar-refractivity contribution < 1.29 is 4.74 Å². The molecule has 2 aliphatic heterocycles. The van der Waals surface area contributed by atoms with E-state index < -0.39 is 0 Å². The summed E-state index contributed by atoms with van der Waals surface area (Å²) in [5, 5.41) is 0. The number of nitrogens with zero attached hydrogens (tertiary/aromatic N) is 5. The van der Waals surface area contributed by atoms with Crippen LogP contribution in [0.5, 0.6) is 0 Å². The zero-order valence-corrected chi connectivity index (χ0v) is 20.8. The van der Waals surface area contributed by atoms with E-state index in [1.54, 1.807) is 18.6 Å². The number of rotatable bonds is 4. The third-order valence-corrected chi connectivity index (χ3v) is 5.90. The molecule has 3 aromatic rings. The summed E-state index contributed by atoms with van der Waals surface area (Å²) < 4.78 is 5.46. The van der Waals surface area contributed by atoms with Gasteiger partial charge < -0.3 is 20.3 Å². The molecule has 8 heteroatoms. The molecule has 0 aliphatic carbocycles. The summed E-state index contributed by atoms with van der Waals surface area (Å²) in [5.41, 5.74) is 10.9. The molecule has 0 radical (unpaired) electrons. The molecular formula is C25H36N6OS. The third-order valence-electron chi connectivity index (χ3n) is 5.90. The highest BCUT2D eigenvalue weighted by atomic mass is 32.1. The molecular weight excluding hydrogens is 432 g/mol. The molecule has 2 saturated heterocycles. The Balaban J connectivity index is 0.000000728. The van der Waals surface area contributed by atoms with Crippen molar-refractivity contribution in [3.05, 3.63) is 42.7 Å². The normalized spacial score (nSPS) is 17.8. The Morgan fingerprint density at radius 3 is 2.36 bits per heavy atom. The van der Waals surface area contributed by atoms with E-state index >= 15 is 0 Å². The SMILES string of the molecule is CC.CS.NC[C@@H]1CCN(c2nc(-c3ccc(N4CCOCC4)cc3)cc3nccnc23)C1. The molecule has 0 unspecified atom stereocenters. The zero-order valence-electron chi connectivity index (χ0n) is 19.9.